The smallest absolute Gasteiger partial charge is 0.233 e. The molecule has 0 aromatic carbocycles. The van der Waals surface area contributed by atoms with Crippen molar-refractivity contribution in [1.29, 1.82) is 0 Å². The molecule has 6 heteroatoms. The molecule has 14 heavy (non-hydrogen) atoms. The van der Waals surface area contributed by atoms with Gasteiger partial charge >= 0.3 is 0 Å². The first kappa shape index (κ1) is 12.7. The van der Waals surface area contributed by atoms with E-state index < -0.39 is 0 Å². The first-order valence-corrected chi connectivity index (χ1v) is 4.50. The highest BCUT2D eigenvalue weighted by Crippen LogP contribution is 1.85. The van der Waals surface area contributed by atoms with E-state index in [-0.39, 0.29) is 24.8 Å². The van der Waals surface area contributed by atoms with Crippen molar-refractivity contribution in [2.45, 2.75) is 13.8 Å². The highest BCUT2D eigenvalue weighted by atomic mass is 16.4. The number of rotatable bonds is 6. The zero-order valence-corrected chi connectivity index (χ0v) is 8.58. The van der Waals surface area contributed by atoms with Crippen molar-refractivity contribution in [2.24, 2.45) is 16.8 Å². The van der Waals surface area contributed by atoms with Crippen LogP contribution >= 0.6 is 0 Å². The van der Waals surface area contributed by atoms with Crippen molar-refractivity contribution >= 4 is 11.7 Å². The molecule has 0 rings (SSSR count). The van der Waals surface area contributed by atoms with E-state index in [0.29, 0.717) is 12.5 Å². The summed E-state index contributed by atoms with van der Waals surface area (Å²) in [4.78, 5) is 11.1. The van der Waals surface area contributed by atoms with Gasteiger partial charge in [0.1, 0.15) is 0 Å². The monoisotopic (exact) mass is 202 g/mol. The second kappa shape index (κ2) is 7.14. The minimum Gasteiger partial charge on any atom is -0.409 e. The average molecular weight is 202 g/mol. The molecule has 6 nitrogen and oxygen atoms in total. The Morgan fingerprint density at radius 1 is 1.50 bits per heavy atom. The van der Waals surface area contributed by atoms with Gasteiger partial charge in [-0.25, -0.2) is 0 Å². The van der Waals surface area contributed by atoms with E-state index in [1.165, 1.54) is 0 Å². The first-order chi connectivity index (χ1) is 6.56. The van der Waals surface area contributed by atoms with Gasteiger partial charge in [-0.05, 0) is 5.92 Å². The number of nitrogens with zero attached hydrogens (tertiary/aromatic N) is 1. The van der Waals surface area contributed by atoms with Gasteiger partial charge in [-0.15, -0.1) is 0 Å². The van der Waals surface area contributed by atoms with E-state index in [4.69, 9.17) is 10.9 Å². The molecule has 0 aromatic rings. The third-order valence-corrected chi connectivity index (χ3v) is 1.43. The number of nitrogens with two attached hydrogens (primary N) is 1. The molecule has 0 aliphatic heterocycles. The maximum Gasteiger partial charge on any atom is 0.233 e. The molecule has 0 aliphatic rings. The lowest BCUT2D eigenvalue weighted by Crippen LogP contribution is -2.39. The topological polar surface area (TPSA) is 99.7 Å². The summed E-state index contributed by atoms with van der Waals surface area (Å²) in [6, 6.07) is 0. The molecular formula is C8H18N4O2. The normalized spacial score (nSPS) is 11.8. The van der Waals surface area contributed by atoms with Gasteiger partial charge in [0.15, 0.2) is 5.84 Å². The zero-order chi connectivity index (χ0) is 11.0. The first-order valence-electron chi connectivity index (χ1n) is 4.50. The molecule has 0 saturated heterocycles. The van der Waals surface area contributed by atoms with Crippen LogP contribution in [0.4, 0.5) is 0 Å². The number of hydrogen-bond donors (Lipinski definition) is 4. The molecule has 0 fully saturated rings. The third kappa shape index (κ3) is 7.35. The number of carbonyl (C=O) groups excluding carboxylic acids is 1. The molecule has 0 aromatic heterocycles. The molecule has 0 atom stereocenters. The van der Waals surface area contributed by atoms with E-state index in [1.807, 2.05) is 13.8 Å². The Morgan fingerprint density at radius 2 is 2.14 bits per heavy atom. The minimum absolute atomic E-state index is 0.0571. The maximum absolute atomic E-state index is 11.1. The Labute approximate surface area is 83.5 Å². The van der Waals surface area contributed by atoms with Crippen molar-refractivity contribution < 1.29 is 10.0 Å². The molecule has 0 saturated carbocycles. The van der Waals surface area contributed by atoms with Crippen LogP contribution in [0, 0.1) is 5.92 Å². The molecule has 1 amide bonds. The second-order valence-corrected chi connectivity index (χ2v) is 3.39. The summed E-state index contributed by atoms with van der Waals surface area (Å²) in [6.07, 6.45) is 0. The molecule has 0 unspecified atom stereocenters. The van der Waals surface area contributed by atoms with Crippen LogP contribution in [0.1, 0.15) is 13.8 Å². The Kier molecular flexibility index (Phi) is 6.47. The van der Waals surface area contributed by atoms with Crippen molar-refractivity contribution in [3.63, 3.8) is 0 Å². The molecule has 5 N–H and O–H groups in total. The predicted octanol–water partition coefficient (Wildman–Crippen LogP) is -0.905. The van der Waals surface area contributed by atoms with Crippen molar-refractivity contribution in [1.82, 2.24) is 10.6 Å². The van der Waals surface area contributed by atoms with Crippen LogP contribution in [0.15, 0.2) is 5.16 Å². The second-order valence-electron chi connectivity index (χ2n) is 3.39. The Hall–Kier alpha value is -1.30. The Balaban J connectivity index is 3.45. The van der Waals surface area contributed by atoms with E-state index >= 15 is 0 Å². The van der Waals surface area contributed by atoms with Gasteiger partial charge in [0.25, 0.3) is 0 Å². The highest BCUT2D eigenvalue weighted by Gasteiger charge is 2.01. The average Bonchev–Trinajstić information content (AvgIpc) is 2.14. The van der Waals surface area contributed by atoms with Gasteiger partial charge in [-0.2, -0.15) is 0 Å². The third-order valence-electron chi connectivity index (χ3n) is 1.43. The number of carbonyl (C=O) groups is 1. The largest absolute Gasteiger partial charge is 0.409 e. The van der Waals surface area contributed by atoms with Crippen molar-refractivity contribution in [2.75, 3.05) is 19.6 Å². The van der Waals surface area contributed by atoms with Gasteiger partial charge in [0, 0.05) is 6.54 Å². The Morgan fingerprint density at radius 3 is 2.64 bits per heavy atom. The van der Waals surface area contributed by atoms with E-state index in [1.54, 1.807) is 0 Å². The van der Waals surface area contributed by atoms with Crippen LogP contribution in [-0.4, -0.2) is 36.6 Å². The lowest BCUT2D eigenvalue weighted by atomic mass is 10.2. The van der Waals surface area contributed by atoms with Crippen molar-refractivity contribution in [3.05, 3.63) is 0 Å². The van der Waals surface area contributed by atoms with Crippen LogP contribution < -0.4 is 16.4 Å². The lowest BCUT2D eigenvalue weighted by molar-refractivity contribution is -0.120. The van der Waals surface area contributed by atoms with Gasteiger partial charge < -0.3 is 21.6 Å². The summed E-state index contributed by atoms with van der Waals surface area (Å²) >= 11 is 0. The summed E-state index contributed by atoms with van der Waals surface area (Å²) in [5.41, 5.74) is 5.19. The fourth-order valence-electron chi connectivity index (χ4n) is 0.720. The lowest BCUT2D eigenvalue weighted by Gasteiger charge is -2.07. The van der Waals surface area contributed by atoms with Crippen LogP contribution in [0.25, 0.3) is 0 Å². The zero-order valence-electron chi connectivity index (χ0n) is 8.58. The predicted molar refractivity (Wildman–Crippen MR) is 54.1 cm³/mol. The van der Waals surface area contributed by atoms with Crippen molar-refractivity contribution in [3.8, 4) is 0 Å². The molecule has 0 aliphatic carbocycles. The number of hydrogen-bond acceptors (Lipinski definition) is 4. The molecule has 0 radical (unpaired) electrons. The number of amides is 1. The molecular weight excluding hydrogens is 184 g/mol. The number of oxime groups is 1. The standard InChI is InChI=1S/C8H18N4O2/c1-6(2)3-11-8(13)5-10-4-7(9)12-14/h6,10,14H,3-5H2,1-2H3,(H2,9,12)(H,11,13). The fourth-order valence-corrected chi connectivity index (χ4v) is 0.720. The molecule has 0 heterocycles. The summed E-state index contributed by atoms with van der Waals surface area (Å²) < 4.78 is 0. The SMILES string of the molecule is CC(C)CNC(=O)CNCC(N)=NO. The number of nitrogens with one attached hydrogen (secondary N) is 2. The van der Waals surface area contributed by atoms with E-state index in [9.17, 15) is 4.79 Å². The maximum atomic E-state index is 11.1. The minimum atomic E-state index is -0.0931. The highest BCUT2D eigenvalue weighted by molar-refractivity contribution is 5.83. The van der Waals surface area contributed by atoms with Crippen LogP contribution in [-0.2, 0) is 4.79 Å². The van der Waals surface area contributed by atoms with Gasteiger partial charge in [0.05, 0.1) is 13.1 Å². The van der Waals surface area contributed by atoms with Gasteiger partial charge in [-0.3, -0.25) is 4.79 Å². The quantitative estimate of drug-likeness (QED) is 0.194. The summed E-state index contributed by atoms with van der Waals surface area (Å²) in [5.74, 6) is 0.397. The van der Waals surface area contributed by atoms with E-state index in [2.05, 4.69) is 15.8 Å². The number of amidine groups is 1. The molecule has 0 bridgehead atoms. The van der Waals surface area contributed by atoms with Gasteiger partial charge in [0.2, 0.25) is 5.91 Å². The summed E-state index contributed by atoms with van der Waals surface area (Å²) in [6.45, 7) is 5.06. The van der Waals surface area contributed by atoms with Crippen LogP contribution in [0.2, 0.25) is 0 Å². The van der Waals surface area contributed by atoms with E-state index in [0.717, 1.165) is 0 Å². The van der Waals surface area contributed by atoms with Crippen LogP contribution in [0.5, 0.6) is 0 Å². The van der Waals surface area contributed by atoms with Gasteiger partial charge in [-0.1, -0.05) is 19.0 Å². The fraction of sp³-hybridized carbons (Fsp3) is 0.750. The van der Waals surface area contributed by atoms with Crippen LogP contribution in [0.3, 0.4) is 0 Å². The molecule has 0 spiro atoms. The summed E-state index contributed by atoms with van der Waals surface area (Å²) in [7, 11) is 0. The molecule has 82 valence electrons. The summed E-state index contributed by atoms with van der Waals surface area (Å²) in [5, 5.41) is 16.4. The Bertz CT molecular complexity index is 204.